The summed E-state index contributed by atoms with van der Waals surface area (Å²) < 4.78 is 50.4. The van der Waals surface area contributed by atoms with E-state index in [9.17, 15) is 22.8 Å². The van der Waals surface area contributed by atoms with Gasteiger partial charge in [-0.3, -0.25) is 4.79 Å². The number of carbonyl (C=O) groups is 2. The summed E-state index contributed by atoms with van der Waals surface area (Å²) >= 11 is 0. The topological polar surface area (TPSA) is 84.9 Å². The minimum atomic E-state index is -4.66. The van der Waals surface area contributed by atoms with Crippen molar-refractivity contribution in [2.75, 3.05) is 6.61 Å². The van der Waals surface area contributed by atoms with Gasteiger partial charge in [0.1, 0.15) is 11.4 Å². The van der Waals surface area contributed by atoms with Crippen molar-refractivity contribution in [3.63, 3.8) is 0 Å². The van der Waals surface area contributed by atoms with Gasteiger partial charge in [-0.25, -0.2) is 4.79 Å². The van der Waals surface area contributed by atoms with Crippen LogP contribution in [0.3, 0.4) is 0 Å². The van der Waals surface area contributed by atoms with Crippen LogP contribution in [-0.4, -0.2) is 29.4 Å². The Bertz CT molecular complexity index is 668. The van der Waals surface area contributed by atoms with Crippen LogP contribution in [0, 0.1) is 0 Å². The molecule has 27 heavy (non-hydrogen) atoms. The third-order valence-electron chi connectivity index (χ3n) is 3.33. The van der Waals surface area contributed by atoms with Crippen LogP contribution in [-0.2, 0) is 15.7 Å². The molecule has 0 spiro atoms. The van der Waals surface area contributed by atoms with Gasteiger partial charge in [0, 0.05) is 12.0 Å². The number of ether oxygens (including phenoxy) is 2. The Kier molecular flexibility index (Phi) is 7.50. The Hall–Kier alpha value is -2.45. The number of hydrogen-bond donors (Lipinski definition) is 2. The van der Waals surface area contributed by atoms with Crippen molar-refractivity contribution >= 4 is 12.1 Å². The Morgan fingerprint density at radius 3 is 2.37 bits per heavy atom. The molecule has 0 aliphatic rings. The predicted molar refractivity (Wildman–Crippen MR) is 91.6 cm³/mol. The first kappa shape index (κ1) is 22.6. The molecule has 6 nitrogen and oxygen atoms in total. The zero-order valence-corrected chi connectivity index (χ0v) is 15.6. The molecule has 0 bridgehead atoms. The third-order valence-corrected chi connectivity index (χ3v) is 3.33. The van der Waals surface area contributed by atoms with Gasteiger partial charge in [-0.05, 0) is 40.2 Å². The molecule has 0 fully saturated rings. The SMILES string of the molecule is C[C@@H](NC(=O)OC(C)(C)C)c1cccc(C(F)(F)F)c1OCCCC(=O)O. The van der Waals surface area contributed by atoms with Gasteiger partial charge in [0.05, 0.1) is 18.2 Å². The largest absolute Gasteiger partial charge is 0.493 e. The number of amides is 1. The highest BCUT2D eigenvalue weighted by Gasteiger charge is 2.36. The fourth-order valence-corrected chi connectivity index (χ4v) is 2.24. The van der Waals surface area contributed by atoms with Gasteiger partial charge >= 0.3 is 18.2 Å². The van der Waals surface area contributed by atoms with Crippen molar-refractivity contribution < 1.29 is 37.3 Å². The Balaban J connectivity index is 3.06. The normalized spacial score (nSPS) is 13.0. The van der Waals surface area contributed by atoms with Crippen molar-refractivity contribution in [2.45, 2.75) is 58.4 Å². The van der Waals surface area contributed by atoms with Crippen molar-refractivity contribution in [2.24, 2.45) is 0 Å². The number of alkyl halides is 3. The van der Waals surface area contributed by atoms with Crippen LogP contribution in [0.25, 0.3) is 0 Å². The lowest BCUT2D eigenvalue weighted by Gasteiger charge is -2.24. The van der Waals surface area contributed by atoms with E-state index in [-0.39, 0.29) is 25.0 Å². The number of para-hydroxylation sites is 1. The lowest BCUT2D eigenvalue weighted by Crippen LogP contribution is -2.34. The lowest BCUT2D eigenvalue weighted by atomic mass is 10.0. The van der Waals surface area contributed by atoms with E-state index in [4.69, 9.17) is 14.6 Å². The van der Waals surface area contributed by atoms with Gasteiger partial charge < -0.3 is 19.9 Å². The molecule has 0 aliphatic carbocycles. The molecule has 2 N–H and O–H groups in total. The summed E-state index contributed by atoms with van der Waals surface area (Å²) in [6.45, 7) is 6.30. The second-order valence-electron chi connectivity index (χ2n) is 6.94. The van der Waals surface area contributed by atoms with Crippen LogP contribution in [0.15, 0.2) is 18.2 Å². The van der Waals surface area contributed by atoms with E-state index in [1.807, 2.05) is 0 Å². The third kappa shape index (κ3) is 7.76. The van der Waals surface area contributed by atoms with Crippen molar-refractivity contribution in [3.8, 4) is 5.75 Å². The molecule has 1 amide bonds. The van der Waals surface area contributed by atoms with E-state index in [1.54, 1.807) is 20.8 Å². The zero-order chi connectivity index (χ0) is 20.8. The summed E-state index contributed by atoms with van der Waals surface area (Å²) in [5, 5.41) is 11.1. The number of nitrogens with one attached hydrogen (secondary N) is 1. The van der Waals surface area contributed by atoms with Crippen molar-refractivity contribution in [1.29, 1.82) is 0 Å². The van der Waals surface area contributed by atoms with Crippen LogP contribution >= 0.6 is 0 Å². The van der Waals surface area contributed by atoms with E-state index < -0.39 is 41.2 Å². The average molecular weight is 391 g/mol. The fourth-order valence-electron chi connectivity index (χ4n) is 2.24. The summed E-state index contributed by atoms with van der Waals surface area (Å²) in [6, 6.07) is 2.67. The first-order valence-corrected chi connectivity index (χ1v) is 8.35. The second kappa shape index (κ2) is 8.96. The van der Waals surface area contributed by atoms with E-state index in [0.29, 0.717) is 0 Å². The van der Waals surface area contributed by atoms with Gasteiger partial charge in [-0.2, -0.15) is 13.2 Å². The molecule has 0 unspecified atom stereocenters. The molecule has 1 aromatic carbocycles. The standard InChI is InChI=1S/C18H24F3NO5/c1-11(22-16(25)27-17(2,3)4)12-7-5-8-13(18(19,20)21)15(12)26-10-6-9-14(23)24/h5,7-8,11H,6,9-10H2,1-4H3,(H,22,25)(H,23,24)/t11-/m1/s1. The van der Waals surface area contributed by atoms with Crippen molar-refractivity contribution in [1.82, 2.24) is 5.32 Å². The minimum absolute atomic E-state index is 0.0504. The number of halogens is 3. The highest BCUT2D eigenvalue weighted by molar-refractivity contribution is 5.68. The van der Waals surface area contributed by atoms with Crippen LogP contribution in [0.4, 0.5) is 18.0 Å². The van der Waals surface area contributed by atoms with Gasteiger partial charge in [-0.15, -0.1) is 0 Å². The van der Waals surface area contributed by atoms with Crippen LogP contribution in [0.5, 0.6) is 5.75 Å². The number of benzene rings is 1. The maximum Gasteiger partial charge on any atom is 0.419 e. The maximum absolute atomic E-state index is 13.3. The molecular formula is C18H24F3NO5. The molecule has 0 aliphatic heterocycles. The molecule has 1 aromatic rings. The molecule has 0 saturated carbocycles. The monoisotopic (exact) mass is 391 g/mol. The molecule has 0 heterocycles. The Labute approximate surface area is 155 Å². The summed E-state index contributed by atoms with van der Waals surface area (Å²) in [4.78, 5) is 22.5. The number of carbonyl (C=O) groups excluding carboxylic acids is 1. The number of carboxylic acid groups (broad SMARTS) is 1. The molecule has 9 heteroatoms. The molecule has 0 radical (unpaired) electrons. The van der Waals surface area contributed by atoms with Gasteiger partial charge in [-0.1, -0.05) is 12.1 Å². The quantitative estimate of drug-likeness (QED) is 0.667. The highest BCUT2D eigenvalue weighted by atomic mass is 19.4. The molecule has 0 saturated heterocycles. The van der Waals surface area contributed by atoms with Crippen LogP contribution in [0.1, 0.15) is 57.7 Å². The van der Waals surface area contributed by atoms with Gasteiger partial charge in [0.2, 0.25) is 0 Å². The van der Waals surface area contributed by atoms with E-state index >= 15 is 0 Å². The first-order chi connectivity index (χ1) is 12.3. The smallest absolute Gasteiger partial charge is 0.419 e. The molecular weight excluding hydrogens is 367 g/mol. The summed E-state index contributed by atoms with van der Waals surface area (Å²) in [5.41, 5.74) is -1.63. The summed E-state index contributed by atoms with van der Waals surface area (Å²) in [6.07, 6.45) is -5.61. The highest BCUT2D eigenvalue weighted by Crippen LogP contribution is 2.40. The molecule has 1 atom stereocenters. The number of alkyl carbamates (subject to hydrolysis) is 1. The Morgan fingerprint density at radius 1 is 1.22 bits per heavy atom. The Morgan fingerprint density at radius 2 is 1.85 bits per heavy atom. The maximum atomic E-state index is 13.3. The number of rotatable bonds is 7. The summed E-state index contributed by atoms with van der Waals surface area (Å²) in [5.74, 6) is -1.50. The number of aliphatic carboxylic acids is 1. The first-order valence-electron chi connectivity index (χ1n) is 8.35. The van der Waals surface area contributed by atoms with Gasteiger partial charge in [0.25, 0.3) is 0 Å². The summed E-state index contributed by atoms with van der Waals surface area (Å²) in [7, 11) is 0. The average Bonchev–Trinajstić information content (AvgIpc) is 2.48. The number of carboxylic acids is 1. The van der Waals surface area contributed by atoms with E-state index in [0.717, 1.165) is 6.07 Å². The minimum Gasteiger partial charge on any atom is -0.493 e. The molecule has 152 valence electrons. The zero-order valence-electron chi connectivity index (χ0n) is 15.6. The second-order valence-corrected chi connectivity index (χ2v) is 6.94. The lowest BCUT2D eigenvalue weighted by molar-refractivity contribution is -0.140. The van der Waals surface area contributed by atoms with E-state index in [1.165, 1.54) is 19.1 Å². The van der Waals surface area contributed by atoms with Crippen LogP contribution in [0.2, 0.25) is 0 Å². The molecule has 0 aromatic heterocycles. The molecule has 1 rings (SSSR count). The van der Waals surface area contributed by atoms with Gasteiger partial charge in [0.15, 0.2) is 0 Å². The predicted octanol–water partition coefficient (Wildman–Crippen LogP) is 4.53. The van der Waals surface area contributed by atoms with E-state index in [2.05, 4.69) is 5.32 Å². The number of hydrogen-bond acceptors (Lipinski definition) is 4. The van der Waals surface area contributed by atoms with Crippen molar-refractivity contribution in [3.05, 3.63) is 29.3 Å². The van der Waals surface area contributed by atoms with Crippen LogP contribution < -0.4 is 10.1 Å². The fraction of sp³-hybridized carbons (Fsp3) is 0.556.